The molecule has 0 aromatic carbocycles. The van der Waals surface area contributed by atoms with Gasteiger partial charge in [0.05, 0.1) is 26.4 Å². The number of unbranched alkanes of at least 4 members (excludes halogenated alkanes) is 20. The predicted octanol–water partition coefficient (Wildman–Crippen LogP) is 25.7. The van der Waals surface area contributed by atoms with Crippen LogP contribution in [-0.2, 0) is 65.4 Å². The maximum absolute atomic E-state index is 13.1. The molecule has 0 radical (unpaired) electrons. The monoisotopic (exact) mass is 1600 g/mol. The zero-order valence-electron chi connectivity index (χ0n) is 69.5. The van der Waals surface area contributed by atoms with Gasteiger partial charge < -0.3 is 33.8 Å². The molecule has 0 aromatic heterocycles. The van der Waals surface area contributed by atoms with Crippen molar-refractivity contribution in [3.63, 3.8) is 0 Å². The molecule has 2 unspecified atom stereocenters. The molecule has 112 heavy (non-hydrogen) atoms. The molecule has 0 spiro atoms. The second-order valence-corrected chi connectivity index (χ2v) is 30.6. The van der Waals surface area contributed by atoms with Crippen molar-refractivity contribution < 1.29 is 80.2 Å². The molecule has 0 heterocycles. The van der Waals surface area contributed by atoms with Gasteiger partial charge in [-0.15, -0.1) is 0 Å². The number of carbonyl (C=O) groups excluding carboxylic acids is 4. The van der Waals surface area contributed by atoms with Gasteiger partial charge in [0, 0.05) is 25.7 Å². The molecule has 0 aliphatic rings. The average molecular weight is 1600 g/mol. The Hall–Kier alpha value is -6.10. The van der Waals surface area contributed by atoms with Crippen LogP contribution in [0, 0.1) is 0 Å². The number of hydrogen-bond donors (Lipinski definition) is 3. The maximum Gasteiger partial charge on any atom is 0.472 e. The van der Waals surface area contributed by atoms with Crippen molar-refractivity contribution >= 4 is 39.5 Å². The molecular formula is C93H150O17P2. The Morgan fingerprint density at radius 1 is 0.259 bits per heavy atom. The van der Waals surface area contributed by atoms with E-state index in [4.69, 9.17) is 37.0 Å². The van der Waals surface area contributed by atoms with Crippen molar-refractivity contribution in [2.45, 2.75) is 329 Å². The minimum absolute atomic E-state index is 0.0189. The van der Waals surface area contributed by atoms with E-state index in [0.29, 0.717) is 38.5 Å². The van der Waals surface area contributed by atoms with E-state index in [1.54, 1.807) is 0 Å². The number of aliphatic hydroxyl groups excluding tert-OH is 1. The largest absolute Gasteiger partial charge is 0.472 e. The third-order valence-corrected chi connectivity index (χ3v) is 19.0. The Bertz CT molecular complexity index is 2890. The summed E-state index contributed by atoms with van der Waals surface area (Å²) in [4.78, 5) is 73.2. The number of hydrogen-bond acceptors (Lipinski definition) is 15. The van der Waals surface area contributed by atoms with Crippen LogP contribution in [0.3, 0.4) is 0 Å². The Kier molecular flexibility index (Phi) is 78.4. The highest BCUT2D eigenvalue weighted by Crippen LogP contribution is 2.45. The summed E-state index contributed by atoms with van der Waals surface area (Å²) in [7, 11) is -10.0. The lowest BCUT2D eigenvalue weighted by Gasteiger charge is -2.21. The van der Waals surface area contributed by atoms with Gasteiger partial charge in [-0.05, 0) is 148 Å². The Balaban J connectivity index is 5.57. The number of aliphatic hydroxyl groups is 1. The van der Waals surface area contributed by atoms with Gasteiger partial charge in [-0.1, -0.05) is 331 Å². The van der Waals surface area contributed by atoms with Crippen LogP contribution in [0.4, 0.5) is 0 Å². The number of carbonyl (C=O) groups is 4. The van der Waals surface area contributed by atoms with Gasteiger partial charge in [0.2, 0.25) is 0 Å². The second-order valence-electron chi connectivity index (χ2n) is 27.7. The van der Waals surface area contributed by atoms with Gasteiger partial charge in [0.1, 0.15) is 19.3 Å². The molecular weight excluding hydrogens is 1450 g/mol. The minimum Gasteiger partial charge on any atom is -0.462 e. The van der Waals surface area contributed by atoms with Gasteiger partial charge in [0.15, 0.2) is 12.2 Å². The van der Waals surface area contributed by atoms with Crippen molar-refractivity contribution in [3.8, 4) is 0 Å². The van der Waals surface area contributed by atoms with Crippen LogP contribution >= 0.6 is 15.6 Å². The summed E-state index contributed by atoms with van der Waals surface area (Å²) in [6.45, 7) is 4.42. The van der Waals surface area contributed by atoms with E-state index in [1.165, 1.54) is 83.5 Å². The number of rotatable bonds is 78. The number of allylic oxidation sites excluding steroid dienone is 32. The van der Waals surface area contributed by atoms with E-state index in [-0.39, 0.29) is 25.7 Å². The lowest BCUT2D eigenvalue weighted by atomic mass is 10.0. The normalized spacial score (nSPS) is 14.7. The zero-order valence-corrected chi connectivity index (χ0v) is 71.3. The Morgan fingerprint density at radius 2 is 0.482 bits per heavy atom. The van der Waals surface area contributed by atoms with Crippen molar-refractivity contribution in [3.05, 3.63) is 194 Å². The van der Waals surface area contributed by atoms with E-state index in [9.17, 15) is 43.2 Å². The summed E-state index contributed by atoms with van der Waals surface area (Å²) in [6, 6.07) is 0. The fraction of sp³-hybridized carbons (Fsp3) is 0.613. The summed E-state index contributed by atoms with van der Waals surface area (Å²) in [6.07, 6.45) is 103. The van der Waals surface area contributed by atoms with Crippen LogP contribution in [0.5, 0.6) is 0 Å². The van der Waals surface area contributed by atoms with E-state index in [1.807, 2.05) is 36.5 Å². The Morgan fingerprint density at radius 3 is 0.804 bits per heavy atom. The number of ether oxygens (including phenoxy) is 4. The fourth-order valence-corrected chi connectivity index (χ4v) is 12.2. The predicted molar refractivity (Wildman–Crippen MR) is 463 cm³/mol. The standard InChI is InChI=1S/C93H150O17P2/c1-5-9-13-17-21-25-29-33-37-40-43-46-50-54-58-62-66-70-74-78-91(96)104-84-89(110-93(98)80-76-72-68-64-60-56-52-48-45-42-39-35-31-27-23-19-15-11-7-3)86-108-112(101,102)106-82-87(94)81-105-111(99,100)107-85-88(83-103-90(95)77-73-69-65-61-57-53-49-36-32-28-24-20-16-12-8-4)109-92(97)79-75-71-67-63-59-55-51-47-44-41-38-34-30-26-22-18-14-10-6-2/h9,11,13,15,21-23,25-27,33-35,37-39,43-48,54-56,58-60,66-67,70-71,87-89,94H,5-8,10,12,14,16-20,24,28-32,36,40-42,49-53,57,61-65,68-69,72-86H2,1-4H3,(H,99,100)(H,101,102)/b13-9-,15-11-,25-21-,26-22-,27-23-,37-33-,38-34-,39-35-,46-43-,47-44-,48-45-,58-54-,59-55-,60-56-,70-66-,71-67-/t87-,88+,89+/m0/s1. The molecule has 634 valence electrons. The molecule has 0 saturated heterocycles. The Labute approximate surface area is 678 Å². The van der Waals surface area contributed by atoms with Gasteiger partial charge in [-0.25, -0.2) is 9.13 Å². The van der Waals surface area contributed by atoms with Crippen molar-refractivity contribution in [2.24, 2.45) is 0 Å². The highest BCUT2D eigenvalue weighted by atomic mass is 31.2. The van der Waals surface area contributed by atoms with Crippen LogP contribution in [0.25, 0.3) is 0 Å². The first kappa shape index (κ1) is 106. The van der Waals surface area contributed by atoms with Crippen molar-refractivity contribution in [1.29, 1.82) is 0 Å². The molecule has 0 bridgehead atoms. The van der Waals surface area contributed by atoms with E-state index in [2.05, 4.69) is 186 Å². The highest BCUT2D eigenvalue weighted by molar-refractivity contribution is 7.47. The van der Waals surface area contributed by atoms with E-state index < -0.39 is 97.5 Å². The molecule has 5 atom stereocenters. The molecule has 3 N–H and O–H groups in total. The third-order valence-electron chi connectivity index (χ3n) is 17.1. The summed E-state index contributed by atoms with van der Waals surface area (Å²) < 4.78 is 68.6. The molecule has 0 fully saturated rings. The van der Waals surface area contributed by atoms with Crippen LogP contribution in [-0.4, -0.2) is 96.7 Å². The van der Waals surface area contributed by atoms with Gasteiger partial charge in [-0.2, -0.15) is 0 Å². The van der Waals surface area contributed by atoms with Crippen LogP contribution in [0.1, 0.15) is 310 Å². The first-order valence-electron chi connectivity index (χ1n) is 42.7. The van der Waals surface area contributed by atoms with Gasteiger partial charge in [0.25, 0.3) is 0 Å². The smallest absolute Gasteiger partial charge is 0.462 e. The quantitative estimate of drug-likeness (QED) is 0.0169. The van der Waals surface area contributed by atoms with E-state index in [0.717, 1.165) is 135 Å². The molecule has 0 aromatic rings. The lowest BCUT2D eigenvalue weighted by Crippen LogP contribution is -2.30. The molecule has 17 nitrogen and oxygen atoms in total. The summed E-state index contributed by atoms with van der Waals surface area (Å²) in [5.74, 6) is -2.42. The molecule has 0 rings (SSSR count). The first-order chi connectivity index (χ1) is 54.7. The van der Waals surface area contributed by atoms with Gasteiger partial charge >= 0.3 is 39.5 Å². The highest BCUT2D eigenvalue weighted by Gasteiger charge is 2.30. The second kappa shape index (κ2) is 82.9. The minimum atomic E-state index is -5.02. The molecule has 19 heteroatoms. The number of esters is 4. The van der Waals surface area contributed by atoms with E-state index >= 15 is 0 Å². The molecule has 0 aliphatic carbocycles. The van der Waals surface area contributed by atoms with Crippen molar-refractivity contribution in [2.75, 3.05) is 39.6 Å². The summed E-state index contributed by atoms with van der Waals surface area (Å²) >= 11 is 0. The lowest BCUT2D eigenvalue weighted by molar-refractivity contribution is -0.161. The molecule has 0 aliphatic heterocycles. The van der Waals surface area contributed by atoms with Crippen LogP contribution in [0.2, 0.25) is 0 Å². The maximum atomic E-state index is 13.1. The van der Waals surface area contributed by atoms with Crippen molar-refractivity contribution in [1.82, 2.24) is 0 Å². The van der Waals surface area contributed by atoms with Crippen LogP contribution in [0.15, 0.2) is 194 Å². The SMILES string of the molecule is CC/C=C\C/C=C\C/C=C\C/C=C\C/C=C\C/C=C\CCC(=O)OC[C@H](COP(=O)(O)OC[C@@H](O)COP(=O)(O)OC[C@@H](COC(=O)CCCCCCCCCCCCCCCCC)OC(=O)CC/C=C\C/C=C\C/C=C\C/C=C\C/C=C\CCCCC)OC(=O)CCCCC/C=C\C/C=C\C/C=C\C/C=C\C/C=C\CC. The third kappa shape index (κ3) is 81.9. The summed E-state index contributed by atoms with van der Waals surface area (Å²) in [5, 5.41) is 10.7. The number of phosphoric ester groups is 2. The first-order valence-corrected chi connectivity index (χ1v) is 45.7. The molecule has 0 amide bonds. The fourth-order valence-electron chi connectivity index (χ4n) is 10.7. The van der Waals surface area contributed by atoms with Crippen LogP contribution < -0.4 is 0 Å². The van der Waals surface area contributed by atoms with Gasteiger partial charge in [-0.3, -0.25) is 37.3 Å². The number of phosphoric acid groups is 2. The topological polar surface area (TPSA) is 237 Å². The summed E-state index contributed by atoms with van der Waals surface area (Å²) in [5.41, 5.74) is 0. The molecule has 0 saturated carbocycles. The average Bonchev–Trinajstić information content (AvgIpc) is 0.908. The zero-order chi connectivity index (χ0) is 81.7.